The van der Waals surface area contributed by atoms with E-state index >= 15 is 0 Å². The third-order valence-corrected chi connectivity index (χ3v) is 7.69. The molecular weight excluding hydrogens is 483 g/mol. The van der Waals surface area contributed by atoms with Crippen molar-refractivity contribution in [1.82, 2.24) is 14.7 Å². The Labute approximate surface area is 223 Å². The van der Waals surface area contributed by atoms with Crippen LogP contribution in [0.2, 0.25) is 5.02 Å². The summed E-state index contributed by atoms with van der Waals surface area (Å²) >= 11 is 6.16. The number of imidazole rings is 1. The summed E-state index contributed by atoms with van der Waals surface area (Å²) in [6.07, 6.45) is 7.39. The van der Waals surface area contributed by atoms with E-state index < -0.39 is 0 Å². The van der Waals surface area contributed by atoms with Crippen LogP contribution in [0.1, 0.15) is 48.7 Å². The minimum Gasteiger partial charge on any atom is -0.380 e. The van der Waals surface area contributed by atoms with Gasteiger partial charge in [0.1, 0.15) is 11.5 Å². The molecule has 0 bridgehead atoms. The highest BCUT2D eigenvalue weighted by atomic mass is 35.5. The first-order chi connectivity index (χ1) is 18.0. The van der Waals surface area contributed by atoms with Crippen molar-refractivity contribution in [1.29, 1.82) is 0 Å². The number of pyridine rings is 1. The number of nitrogens with zero attached hydrogens (tertiary/aromatic N) is 3. The van der Waals surface area contributed by atoms with Crippen molar-refractivity contribution in [2.75, 3.05) is 18.0 Å². The fourth-order valence-electron chi connectivity index (χ4n) is 5.25. The van der Waals surface area contributed by atoms with Crippen LogP contribution >= 0.6 is 11.6 Å². The first-order valence-electron chi connectivity index (χ1n) is 13.2. The number of piperidine rings is 1. The van der Waals surface area contributed by atoms with Crippen molar-refractivity contribution in [2.24, 2.45) is 5.92 Å². The normalized spacial score (nSPS) is 14.3. The van der Waals surface area contributed by atoms with Crippen molar-refractivity contribution in [3.63, 3.8) is 0 Å². The van der Waals surface area contributed by atoms with Crippen molar-refractivity contribution >= 4 is 28.6 Å². The fraction of sp³-hybridized carbons (Fsp3) is 0.323. The van der Waals surface area contributed by atoms with Crippen LogP contribution in [0.25, 0.3) is 11.3 Å². The van der Waals surface area contributed by atoms with Crippen molar-refractivity contribution in [3.8, 4) is 0 Å². The number of hydrogen-bond acceptors (Lipinski definition) is 3. The van der Waals surface area contributed by atoms with Gasteiger partial charge in [-0.2, -0.15) is 0 Å². The molecule has 1 aliphatic rings. The fourth-order valence-corrected chi connectivity index (χ4v) is 5.41. The lowest BCUT2D eigenvalue weighted by Crippen LogP contribution is -2.33. The first kappa shape index (κ1) is 25.3. The number of aromatic nitrogens is 2. The number of halogens is 2. The van der Waals surface area contributed by atoms with Gasteiger partial charge in [-0.05, 0) is 79.5 Å². The zero-order valence-corrected chi connectivity index (χ0v) is 22.1. The van der Waals surface area contributed by atoms with E-state index in [9.17, 15) is 4.39 Å². The maximum absolute atomic E-state index is 13.1. The molecule has 0 amide bonds. The maximum Gasteiger partial charge on any atom is 0.139 e. The van der Waals surface area contributed by atoms with Gasteiger partial charge in [0.2, 0.25) is 0 Å². The van der Waals surface area contributed by atoms with Crippen LogP contribution in [0.4, 0.5) is 10.1 Å². The monoisotopic (exact) mass is 516 g/mol. The molecule has 0 saturated carbocycles. The van der Waals surface area contributed by atoms with E-state index in [4.69, 9.17) is 16.6 Å². The molecule has 3 heterocycles. The van der Waals surface area contributed by atoms with E-state index in [1.165, 1.54) is 36.1 Å². The zero-order chi connectivity index (χ0) is 25.8. The lowest BCUT2D eigenvalue weighted by molar-refractivity contribution is 0.382. The largest absolute Gasteiger partial charge is 0.380 e. The molecule has 0 radical (unpaired) electrons. The van der Waals surface area contributed by atoms with Gasteiger partial charge in [0, 0.05) is 42.6 Å². The second-order valence-electron chi connectivity index (χ2n) is 9.93. The number of fused-ring (bicyclic) bond motifs is 1. The van der Waals surface area contributed by atoms with Gasteiger partial charge in [0.05, 0.1) is 17.1 Å². The van der Waals surface area contributed by atoms with E-state index in [1.54, 1.807) is 12.1 Å². The van der Waals surface area contributed by atoms with Gasteiger partial charge in [-0.25, -0.2) is 9.37 Å². The highest BCUT2D eigenvalue weighted by Crippen LogP contribution is 2.27. The van der Waals surface area contributed by atoms with E-state index in [2.05, 4.69) is 48.0 Å². The lowest BCUT2D eigenvalue weighted by Gasteiger charge is -2.33. The molecule has 2 aromatic carbocycles. The number of benzene rings is 2. The van der Waals surface area contributed by atoms with Crippen LogP contribution in [-0.2, 0) is 19.4 Å². The molecule has 2 aromatic heterocycles. The molecule has 4 nitrogen and oxygen atoms in total. The van der Waals surface area contributed by atoms with Crippen LogP contribution in [0, 0.1) is 11.7 Å². The van der Waals surface area contributed by atoms with Gasteiger partial charge in [0.15, 0.2) is 0 Å². The third-order valence-electron chi connectivity index (χ3n) is 7.46. The Morgan fingerprint density at radius 1 is 1.05 bits per heavy atom. The van der Waals surface area contributed by atoms with Gasteiger partial charge in [0.25, 0.3) is 0 Å². The Morgan fingerprint density at radius 3 is 2.46 bits per heavy atom. The van der Waals surface area contributed by atoms with Crippen LogP contribution in [-0.4, -0.2) is 22.5 Å². The molecule has 5 rings (SSSR count). The minimum atomic E-state index is -0.160. The smallest absolute Gasteiger partial charge is 0.139 e. The van der Waals surface area contributed by atoms with Crippen LogP contribution in [0.5, 0.6) is 0 Å². The Kier molecular flexibility index (Phi) is 7.80. The number of aryl methyl sites for hydroxylation is 2. The summed E-state index contributed by atoms with van der Waals surface area (Å²) in [4.78, 5) is 7.21. The molecule has 0 spiro atoms. The minimum absolute atomic E-state index is 0.160. The van der Waals surface area contributed by atoms with Crippen molar-refractivity contribution < 1.29 is 4.39 Å². The molecule has 1 saturated heterocycles. The van der Waals surface area contributed by atoms with E-state index in [0.717, 1.165) is 54.6 Å². The molecule has 1 fully saturated rings. The predicted octanol–water partition coefficient (Wildman–Crippen LogP) is 7.30. The highest BCUT2D eigenvalue weighted by molar-refractivity contribution is 6.30. The maximum atomic E-state index is 13.1. The van der Waals surface area contributed by atoms with Gasteiger partial charge in [-0.1, -0.05) is 49.4 Å². The number of hydrogen-bond donors (Lipinski definition) is 1. The number of rotatable bonds is 9. The molecule has 1 N–H and O–H groups in total. The summed E-state index contributed by atoms with van der Waals surface area (Å²) in [5.74, 6) is 0.576. The Morgan fingerprint density at radius 2 is 1.76 bits per heavy atom. The number of anilines is 1. The molecule has 37 heavy (non-hydrogen) atoms. The summed E-state index contributed by atoms with van der Waals surface area (Å²) in [5, 5.41) is 4.18. The van der Waals surface area contributed by atoms with Crippen molar-refractivity contribution in [2.45, 2.75) is 45.6 Å². The third kappa shape index (κ3) is 5.99. The Balaban J connectivity index is 1.13. The first-order valence-corrected chi connectivity index (χ1v) is 13.6. The Bertz CT molecular complexity index is 1350. The van der Waals surface area contributed by atoms with Gasteiger partial charge in [-0.3, -0.25) is 4.40 Å². The molecule has 1 aliphatic heterocycles. The lowest BCUT2D eigenvalue weighted by atomic mass is 9.90. The highest BCUT2D eigenvalue weighted by Gasteiger charge is 2.19. The number of nitrogens with one attached hydrogen (secondary N) is 1. The summed E-state index contributed by atoms with van der Waals surface area (Å²) < 4.78 is 15.2. The molecule has 0 atom stereocenters. The summed E-state index contributed by atoms with van der Waals surface area (Å²) in [6, 6.07) is 19.6. The van der Waals surface area contributed by atoms with Gasteiger partial charge < -0.3 is 10.2 Å². The van der Waals surface area contributed by atoms with E-state index in [-0.39, 0.29) is 5.82 Å². The second-order valence-corrected chi connectivity index (χ2v) is 10.4. The van der Waals surface area contributed by atoms with E-state index in [1.807, 2.05) is 34.9 Å². The van der Waals surface area contributed by atoms with Crippen LogP contribution in [0.3, 0.4) is 0 Å². The van der Waals surface area contributed by atoms with Crippen LogP contribution in [0.15, 0.2) is 73.4 Å². The SMILES string of the molecule is C=C(NCc1ccc(N2CCC(CCc3ccc(F)cc3)CC2)cc1)c1c(CC)nc2cc(Cl)ccn12. The average Bonchev–Trinajstić information content (AvgIpc) is 3.30. The summed E-state index contributed by atoms with van der Waals surface area (Å²) in [6.45, 7) is 9.28. The summed E-state index contributed by atoms with van der Waals surface area (Å²) in [5.41, 5.74) is 7.45. The summed E-state index contributed by atoms with van der Waals surface area (Å²) in [7, 11) is 0. The molecule has 0 unspecified atom stereocenters. The average molecular weight is 517 g/mol. The van der Waals surface area contributed by atoms with E-state index in [0.29, 0.717) is 11.6 Å². The van der Waals surface area contributed by atoms with Crippen molar-refractivity contribution in [3.05, 3.63) is 107 Å². The van der Waals surface area contributed by atoms with Gasteiger partial charge >= 0.3 is 0 Å². The molecule has 6 heteroatoms. The zero-order valence-electron chi connectivity index (χ0n) is 21.4. The predicted molar refractivity (Wildman–Crippen MR) is 152 cm³/mol. The second kappa shape index (κ2) is 11.4. The van der Waals surface area contributed by atoms with Crippen LogP contribution < -0.4 is 10.2 Å². The quantitative estimate of drug-likeness (QED) is 0.253. The molecular formula is C31H34ClFN4. The molecule has 4 aromatic rings. The topological polar surface area (TPSA) is 32.6 Å². The standard InChI is InChI=1S/C31H34ClFN4/c1-3-29-31(37-19-16-26(32)20-30(37)35-29)22(2)34-21-25-8-12-28(13-9-25)36-17-14-24(15-18-36)5-4-23-6-10-27(33)11-7-23/h6-13,16,19-20,24,34H,2-5,14-15,17-18,21H2,1H3. The molecule has 0 aliphatic carbocycles. The Hall–Kier alpha value is -3.31. The van der Waals surface area contributed by atoms with Gasteiger partial charge in [-0.15, -0.1) is 0 Å². The molecule has 192 valence electrons.